The predicted octanol–water partition coefficient (Wildman–Crippen LogP) is 3.94. The van der Waals surface area contributed by atoms with Crippen molar-refractivity contribution in [1.29, 1.82) is 0 Å². The van der Waals surface area contributed by atoms with Crippen LogP contribution in [0.1, 0.15) is 17.5 Å². The maximum absolute atomic E-state index is 11.5. The lowest BCUT2D eigenvalue weighted by Gasteiger charge is -2.23. The van der Waals surface area contributed by atoms with Crippen LogP contribution >= 0.6 is 0 Å². The van der Waals surface area contributed by atoms with Gasteiger partial charge in [-0.25, -0.2) is 0 Å². The molecular formula is C21H24O4. The maximum atomic E-state index is 11.5. The third kappa shape index (κ3) is 6.18. The number of carbonyl (C=O) groups is 1. The number of hydrogen-bond donors (Lipinski definition) is 0. The number of aldehydes is 1. The van der Waals surface area contributed by atoms with Gasteiger partial charge in [-0.1, -0.05) is 48.5 Å². The Morgan fingerprint density at radius 2 is 1.60 bits per heavy atom. The van der Waals surface area contributed by atoms with Gasteiger partial charge < -0.3 is 19.0 Å². The van der Waals surface area contributed by atoms with Crippen molar-refractivity contribution in [2.45, 2.75) is 31.8 Å². The molecule has 0 N–H and O–H groups in total. The molecule has 0 aromatic heterocycles. The average molecular weight is 340 g/mol. The van der Waals surface area contributed by atoms with Gasteiger partial charge in [0, 0.05) is 0 Å². The summed E-state index contributed by atoms with van der Waals surface area (Å²) in [5, 5.41) is 0. The molecule has 0 aliphatic carbocycles. The topological polar surface area (TPSA) is 44.8 Å². The molecule has 2 atom stereocenters. The molecule has 0 heterocycles. The second-order valence-electron chi connectivity index (χ2n) is 5.62. The number of hydrogen-bond acceptors (Lipinski definition) is 4. The van der Waals surface area contributed by atoms with Gasteiger partial charge in [0.15, 0.2) is 6.29 Å². The lowest BCUT2D eigenvalue weighted by atomic mass is 10.1. The smallest absolute Gasteiger partial charge is 0.151 e. The van der Waals surface area contributed by atoms with E-state index in [1.165, 1.54) is 0 Å². The largest absolute Gasteiger partial charge is 0.497 e. The normalized spacial score (nSPS) is 13.0. The Kier molecular flexibility index (Phi) is 7.89. The molecule has 0 unspecified atom stereocenters. The fourth-order valence-electron chi connectivity index (χ4n) is 2.39. The van der Waals surface area contributed by atoms with Crippen molar-refractivity contribution in [3.63, 3.8) is 0 Å². The highest BCUT2D eigenvalue weighted by Crippen LogP contribution is 2.16. The Bertz CT molecular complexity index is 637. The molecular weight excluding hydrogens is 316 g/mol. The molecule has 2 rings (SSSR count). The number of methoxy groups -OCH3 is 1. The summed E-state index contributed by atoms with van der Waals surface area (Å²) in [6.45, 7) is 4.50. The van der Waals surface area contributed by atoms with Gasteiger partial charge >= 0.3 is 0 Å². The van der Waals surface area contributed by atoms with E-state index in [9.17, 15) is 4.79 Å². The van der Waals surface area contributed by atoms with Gasteiger partial charge in [-0.3, -0.25) is 0 Å². The quantitative estimate of drug-likeness (QED) is 0.459. The lowest BCUT2D eigenvalue weighted by Crippen LogP contribution is -2.32. The van der Waals surface area contributed by atoms with Crippen molar-refractivity contribution >= 4 is 6.29 Å². The Balaban J connectivity index is 1.93. The number of benzene rings is 2. The van der Waals surface area contributed by atoms with E-state index in [1.807, 2.05) is 54.6 Å². The van der Waals surface area contributed by atoms with Crippen LogP contribution in [0.3, 0.4) is 0 Å². The summed E-state index contributed by atoms with van der Waals surface area (Å²) in [7, 11) is 1.62. The molecule has 0 aliphatic heterocycles. The van der Waals surface area contributed by atoms with Gasteiger partial charge in [-0.05, 0) is 29.7 Å². The summed E-state index contributed by atoms with van der Waals surface area (Å²) in [6, 6.07) is 17.4. The molecule has 0 saturated heterocycles. The van der Waals surface area contributed by atoms with E-state index in [1.54, 1.807) is 13.2 Å². The van der Waals surface area contributed by atoms with Gasteiger partial charge in [0.05, 0.1) is 26.4 Å². The Morgan fingerprint density at radius 3 is 2.20 bits per heavy atom. The summed E-state index contributed by atoms with van der Waals surface area (Å²) < 4.78 is 16.8. The van der Waals surface area contributed by atoms with Gasteiger partial charge in [0.1, 0.15) is 11.9 Å². The second-order valence-corrected chi connectivity index (χ2v) is 5.62. The van der Waals surface area contributed by atoms with E-state index in [2.05, 4.69) is 6.58 Å². The fraction of sp³-hybridized carbons (Fsp3) is 0.286. The summed E-state index contributed by atoms with van der Waals surface area (Å²) in [6.07, 6.45) is 2.06. The first-order chi connectivity index (χ1) is 12.3. The lowest BCUT2D eigenvalue weighted by molar-refractivity contribution is -0.132. The van der Waals surface area contributed by atoms with E-state index in [4.69, 9.17) is 14.2 Å². The minimum atomic E-state index is -0.649. The Hall–Kier alpha value is -2.43. The van der Waals surface area contributed by atoms with Crippen molar-refractivity contribution in [2.75, 3.05) is 7.11 Å². The number of rotatable bonds is 11. The molecule has 0 spiro atoms. The molecule has 132 valence electrons. The van der Waals surface area contributed by atoms with Crippen LogP contribution < -0.4 is 4.74 Å². The highest BCUT2D eigenvalue weighted by atomic mass is 16.5. The SMILES string of the molecule is C=CC[C@H](OCc1ccccc1)[C@@H](C=O)OCc1ccc(OC)cc1. The van der Waals surface area contributed by atoms with Crippen LogP contribution in [0, 0.1) is 0 Å². The zero-order valence-corrected chi connectivity index (χ0v) is 14.5. The van der Waals surface area contributed by atoms with Crippen LogP contribution in [0.4, 0.5) is 0 Å². The fourth-order valence-corrected chi connectivity index (χ4v) is 2.39. The van der Waals surface area contributed by atoms with Gasteiger partial charge in [0.2, 0.25) is 0 Å². The third-order valence-corrected chi connectivity index (χ3v) is 3.81. The Morgan fingerprint density at radius 1 is 0.960 bits per heavy atom. The van der Waals surface area contributed by atoms with Crippen LogP contribution in [0.5, 0.6) is 5.75 Å². The first kappa shape index (κ1) is 18.9. The van der Waals surface area contributed by atoms with Crippen LogP contribution in [0.25, 0.3) is 0 Å². The zero-order valence-electron chi connectivity index (χ0n) is 14.5. The molecule has 4 nitrogen and oxygen atoms in total. The summed E-state index contributed by atoms with van der Waals surface area (Å²) in [5.74, 6) is 0.784. The van der Waals surface area contributed by atoms with Crippen LogP contribution in [0.2, 0.25) is 0 Å². The van der Waals surface area contributed by atoms with E-state index in [-0.39, 0.29) is 6.10 Å². The molecule has 4 heteroatoms. The molecule has 0 radical (unpaired) electrons. The standard InChI is InChI=1S/C21H24O4/c1-3-7-20(24-15-17-8-5-4-6-9-17)21(14-22)25-16-18-10-12-19(23-2)13-11-18/h3-6,8-14,20-21H,1,7,15-16H2,2H3/t20-,21+/m0/s1. The van der Waals surface area contributed by atoms with Gasteiger partial charge in [-0.15, -0.1) is 6.58 Å². The first-order valence-electron chi connectivity index (χ1n) is 8.23. The van der Waals surface area contributed by atoms with Crippen molar-refractivity contribution in [2.24, 2.45) is 0 Å². The van der Waals surface area contributed by atoms with E-state index in [0.717, 1.165) is 23.2 Å². The molecule has 25 heavy (non-hydrogen) atoms. The van der Waals surface area contributed by atoms with Crippen molar-refractivity contribution in [1.82, 2.24) is 0 Å². The minimum Gasteiger partial charge on any atom is -0.497 e. The number of ether oxygens (including phenoxy) is 3. The van der Waals surface area contributed by atoms with Crippen molar-refractivity contribution in [3.05, 3.63) is 78.4 Å². The highest BCUT2D eigenvalue weighted by Gasteiger charge is 2.21. The summed E-state index contributed by atoms with van der Waals surface area (Å²) >= 11 is 0. The van der Waals surface area contributed by atoms with Gasteiger partial charge in [0.25, 0.3) is 0 Å². The van der Waals surface area contributed by atoms with E-state index < -0.39 is 6.10 Å². The molecule has 0 fully saturated rings. The molecule has 0 bridgehead atoms. The zero-order chi connectivity index (χ0) is 17.9. The summed E-state index contributed by atoms with van der Waals surface area (Å²) in [5.41, 5.74) is 2.02. The third-order valence-electron chi connectivity index (χ3n) is 3.81. The van der Waals surface area contributed by atoms with Gasteiger partial charge in [-0.2, -0.15) is 0 Å². The minimum absolute atomic E-state index is 0.329. The molecule has 0 aliphatic rings. The van der Waals surface area contributed by atoms with Crippen LogP contribution in [-0.2, 0) is 27.5 Å². The van der Waals surface area contributed by atoms with E-state index >= 15 is 0 Å². The molecule has 2 aromatic carbocycles. The summed E-state index contributed by atoms with van der Waals surface area (Å²) in [4.78, 5) is 11.5. The molecule has 2 aromatic rings. The maximum Gasteiger partial charge on any atom is 0.151 e. The van der Waals surface area contributed by atoms with Crippen LogP contribution in [0.15, 0.2) is 67.3 Å². The molecule has 0 amide bonds. The second kappa shape index (κ2) is 10.4. The monoisotopic (exact) mass is 340 g/mol. The van der Waals surface area contributed by atoms with Crippen molar-refractivity contribution < 1.29 is 19.0 Å². The highest BCUT2D eigenvalue weighted by molar-refractivity contribution is 5.57. The van der Waals surface area contributed by atoms with Crippen molar-refractivity contribution in [3.8, 4) is 5.75 Å². The predicted molar refractivity (Wildman–Crippen MR) is 97.5 cm³/mol. The Labute approximate surface area is 149 Å². The van der Waals surface area contributed by atoms with E-state index in [0.29, 0.717) is 19.6 Å². The van der Waals surface area contributed by atoms with Crippen LogP contribution in [-0.4, -0.2) is 25.6 Å². The average Bonchev–Trinajstić information content (AvgIpc) is 2.67. The number of carbonyl (C=O) groups excluding carboxylic acids is 1. The first-order valence-corrected chi connectivity index (χ1v) is 8.23. The molecule has 0 saturated carbocycles.